The second-order valence-corrected chi connectivity index (χ2v) is 4.44. The molecule has 4 heteroatoms. The summed E-state index contributed by atoms with van der Waals surface area (Å²) in [4.78, 5) is 0. The molecule has 0 aliphatic heterocycles. The van der Waals surface area contributed by atoms with E-state index in [-0.39, 0.29) is 0 Å². The summed E-state index contributed by atoms with van der Waals surface area (Å²) in [6.07, 6.45) is 7.27. The molecular weight excluding hydrogens is 212 g/mol. The van der Waals surface area contributed by atoms with E-state index in [9.17, 15) is 0 Å². The molecule has 0 aromatic carbocycles. The van der Waals surface area contributed by atoms with Gasteiger partial charge in [-0.1, -0.05) is 6.92 Å². The van der Waals surface area contributed by atoms with Gasteiger partial charge in [0.1, 0.15) is 0 Å². The fraction of sp³-hybridized carbons (Fsp3) is 0.462. The molecule has 0 aliphatic rings. The molecule has 2 aromatic heterocycles. The van der Waals surface area contributed by atoms with Crippen LogP contribution in [0.3, 0.4) is 0 Å². The molecular formula is C13H20N4. The molecule has 0 aliphatic carbocycles. The van der Waals surface area contributed by atoms with Gasteiger partial charge in [0.15, 0.2) is 0 Å². The van der Waals surface area contributed by atoms with Gasteiger partial charge in [0.05, 0.1) is 12.2 Å². The number of aromatic nitrogens is 3. The van der Waals surface area contributed by atoms with Crippen LogP contribution in [0.4, 0.5) is 0 Å². The normalized spacial score (nSPS) is 12.9. The van der Waals surface area contributed by atoms with Gasteiger partial charge < -0.3 is 10.3 Å². The van der Waals surface area contributed by atoms with Gasteiger partial charge in [-0.05, 0) is 31.0 Å². The van der Waals surface area contributed by atoms with Crippen molar-refractivity contribution in [2.45, 2.75) is 39.4 Å². The van der Waals surface area contributed by atoms with E-state index in [1.807, 2.05) is 16.9 Å². The topological polar surface area (TPSA) is 48.8 Å². The van der Waals surface area contributed by atoms with Crippen molar-refractivity contribution < 1.29 is 0 Å². The van der Waals surface area contributed by atoms with Crippen LogP contribution in [0.25, 0.3) is 0 Å². The van der Waals surface area contributed by atoms with Crippen LogP contribution in [0, 0.1) is 0 Å². The fourth-order valence-electron chi connectivity index (χ4n) is 1.79. The van der Waals surface area contributed by atoms with Crippen molar-refractivity contribution in [1.29, 1.82) is 0 Å². The van der Waals surface area contributed by atoms with E-state index in [4.69, 9.17) is 5.73 Å². The van der Waals surface area contributed by atoms with E-state index in [2.05, 4.69) is 42.0 Å². The first-order chi connectivity index (χ1) is 8.22. The molecule has 0 saturated heterocycles. The smallest absolute Gasteiger partial charge is 0.0821 e. The molecule has 0 saturated carbocycles. The Balaban J connectivity index is 2.06. The van der Waals surface area contributed by atoms with Crippen LogP contribution in [-0.2, 0) is 13.1 Å². The molecule has 2 N–H and O–H groups in total. The molecule has 0 bridgehead atoms. The van der Waals surface area contributed by atoms with Gasteiger partial charge in [0.2, 0.25) is 0 Å². The Kier molecular flexibility index (Phi) is 3.64. The Bertz CT molecular complexity index is 469. The Morgan fingerprint density at radius 3 is 2.82 bits per heavy atom. The van der Waals surface area contributed by atoms with Gasteiger partial charge in [-0.15, -0.1) is 0 Å². The summed E-state index contributed by atoms with van der Waals surface area (Å²) >= 11 is 0. The Hall–Kier alpha value is -1.55. The molecule has 0 fully saturated rings. The molecule has 2 aromatic rings. The van der Waals surface area contributed by atoms with E-state index in [1.165, 1.54) is 0 Å². The van der Waals surface area contributed by atoms with Gasteiger partial charge in [0, 0.05) is 31.2 Å². The van der Waals surface area contributed by atoms with E-state index in [1.54, 1.807) is 0 Å². The largest absolute Gasteiger partial charge is 0.348 e. The van der Waals surface area contributed by atoms with Gasteiger partial charge in [-0.3, -0.25) is 4.68 Å². The standard InChI is InChI=1S/C13H20N4/c1-3-11(2)17-7-5-13(15-17)10-16-6-4-12(8-14)9-16/h4-7,9,11H,3,8,10,14H2,1-2H3. The van der Waals surface area contributed by atoms with Crippen LogP contribution < -0.4 is 5.73 Å². The average molecular weight is 232 g/mol. The Morgan fingerprint density at radius 2 is 2.18 bits per heavy atom. The summed E-state index contributed by atoms with van der Waals surface area (Å²) in [5, 5.41) is 4.58. The minimum atomic E-state index is 0.466. The molecule has 2 rings (SSSR count). The predicted octanol–water partition coefficient (Wildman–Crippen LogP) is 2.16. The van der Waals surface area contributed by atoms with Crippen LogP contribution in [-0.4, -0.2) is 14.3 Å². The number of hydrogen-bond acceptors (Lipinski definition) is 2. The summed E-state index contributed by atoms with van der Waals surface area (Å²) in [7, 11) is 0. The molecule has 1 atom stereocenters. The quantitative estimate of drug-likeness (QED) is 0.858. The average Bonchev–Trinajstić information content (AvgIpc) is 2.97. The second-order valence-electron chi connectivity index (χ2n) is 4.44. The van der Waals surface area contributed by atoms with Crippen molar-refractivity contribution in [3.05, 3.63) is 42.0 Å². The maximum absolute atomic E-state index is 5.59. The van der Waals surface area contributed by atoms with E-state index < -0.39 is 0 Å². The highest BCUT2D eigenvalue weighted by Gasteiger charge is 2.05. The number of nitrogens with two attached hydrogens (primary N) is 1. The van der Waals surface area contributed by atoms with Crippen molar-refractivity contribution in [1.82, 2.24) is 14.3 Å². The van der Waals surface area contributed by atoms with Crippen LogP contribution in [0.1, 0.15) is 37.6 Å². The van der Waals surface area contributed by atoms with Crippen LogP contribution in [0.5, 0.6) is 0 Å². The summed E-state index contributed by atoms with van der Waals surface area (Å²) in [5.41, 5.74) is 7.83. The molecule has 0 spiro atoms. The SMILES string of the molecule is CCC(C)n1ccc(Cn2ccc(CN)c2)n1. The molecule has 2 heterocycles. The highest BCUT2D eigenvalue weighted by molar-refractivity contribution is 5.11. The minimum absolute atomic E-state index is 0.466. The van der Waals surface area contributed by atoms with Crippen molar-refractivity contribution in [3.63, 3.8) is 0 Å². The maximum atomic E-state index is 5.59. The van der Waals surface area contributed by atoms with Gasteiger partial charge in [-0.25, -0.2) is 0 Å². The van der Waals surface area contributed by atoms with E-state index in [0.717, 1.165) is 24.2 Å². The minimum Gasteiger partial charge on any atom is -0.348 e. The first-order valence-electron chi connectivity index (χ1n) is 6.11. The summed E-state index contributed by atoms with van der Waals surface area (Å²) in [6, 6.07) is 4.59. The van der Waals surface area contributed by atoms with Crippen molar-refractivity contribution in [2.75, 3.05) is 0 Å². The first-order valence-corrected chi connectivity index (χ1v) is 6.11. The van der Waals surface area contributed by atoms with Crippen molar-refractivity contribution in [3.8, 4) is 0 Å². The number of rotatable bonds is 5. The molecule has 0 radical (unpaired) electrons. The zero-order valence-corrected chi connectivity index (χ0v) is 10.5. The number of hydrogen-bond donors (Lipinski definition) is 1. The van der Waals surface area contributed by atoms with Gasteiger partial charge in [0.25, 0.3) is 0 Å². The highest BCUT2D eigenvalue weighted by Crippen LogP contribution is 2.10. The van der Waals surface area contributed by atoms with E-state index in [0.29, 0.717) is 12.6 Å². The molecule has 4 nitrogen and oxygen atoms in total. The molecule has 1 unspecified atom stereocenters. The lowest BCUT2D eigenvalue weighted by atomic mass is 10.3. The third kappa shape index (κ3) is 2.77. The second kappa shape index (κ2) is 5.19. The van der Waals surface area contributed by atoms with Crippen LogP contribution >= 0.6 is 0 Å². The van der Waals surface area contributed by atoms with Crippen LogP contribution in [0.2, 0.25) is 0 Å². The Labute approximate surface area is 102 Å². The molecule has 17 heavy (non-hydrogen) atoms. The summed E-state index contributed by atoms with van der Waals surface area (Å²) in [5.74, 6) is 0. The summed E-state index contributed by atoms with van der Waals surface area (Å²) < 4.78 is 4.15. The van der Waals surface area contributed by atoms with Crippen molar-refractivity contribution >= 4 is 0 Å². The lowest BCUT2D eigenvalue weighted by Gasteiger charge is -2.08. The fourth-order valence-corrected chi connectivity index (χ4v) is 1.79. The van der Waals surface area contributed by atoms with E-state index >= 15 is 0 Å². The van der Waals surface area contributed by atoms with Gasteiger partial charge >= 0.3 is 0 Å². The van der Waals surface area contributed by atoms with Gasteiger partial charge in [-0.2, -0.15) is 5.10 Å². The third-order valence-electron chi connectivity index (χ3n) is 3.10. The predicted molar refractivity (Wildman–Crippen MR) is 68.7 cm³/mol. The first kappa shape index (κ1) is 11.9. The third-order valence-corrected chi connectivity index (χ3v) is 3.10. The monoisotopic (exact) mass is 232 g/mol. The summed E-state index contributed by atoms with van der Waals surface area (Å²) in [6.45, 7) is 5.75. The lowest BCUT2D eigenvalue weighted by Crippen LogP contribution is -2.06. The van der Waals surface area contributed by atoms with Crippen molar-refractivity contribution in [2.24, 2.45) is 5.73 Å². The number of nitrogens with zero attached hydrogens (tertiary/aromatic N) is 3. The van der Waals surface area contributed by atoms with Crippen LogP contribution in [0.15, 0.2) is 30.7 Å². The highest BCUT2D eigenvalue weighted by atomic mass is 15.3. The molecule has 0 amide bonds. The Morgan fingerprint density at radius 1 is 1.35 bits per heavy atom. The molecule has 92 valence electrons. The lowest BCUT2D eigenvalue weighted by molar-refractivity contribution is 0.472. The maximum Gasteiger partial charge on any atom is 0.0821 e. The zero-order chi connectivity index (χ0) is 12.3. The zero-order valence-electron chi connectivity index (χ0n) is 10.5.